The predicted octanol–water partition coefficient (Wildman–Crippen LogP) is 3.08. The van der Waals surface area contributed by atoms with E-state index in [1.165, 1.54) is 18.3 Å². The molecule has 2 amide bonds. The minimum absolute atomic E-state index is 0.0119. The zero-order valence-corrected chi connectivity index (χ0v) is 14.2. The molecule has 0 saturated carbocycles. The van der Waals surface area contributed by atoms with Crippen molar-refractivity contribution in [3.8, 4) is 0 Å². The van der Waals surface area contributed by atoms with Crippen LogP contribution in [0.4, 0.5) is 18.9 Å². The van der Waals surface area contributed by atoms with Crippen molar-refractivity contribution in [2.75, 3.05) is 5.32 Å². The van der Waals surface area contributed by atoms with E-state index in [1.807, 2.05) is 0 Å². The highest BCUT2D eigenvalue weighted by Crippen LogP contribution is 2.20. The lowest BCUT2D eigenvalue weighted by Crippen LogP contribution is -2.25. The maximum atomic E-state index is 13.7. The van der Waals surface area contributed by atoms with Crippen LogP contribution < -0.4 is 10.6 Å². The molecule has 28 heavy (non-hydrogen) atoms. The van der Waals surface area contributed by atoms with Crippen molar-refractivity contribution in [2.45, 2.75) is 6.54 Å². The van der Waals surface area contributed by atoms with Crippen LogP contribution in [0.2, 0.25) is 0 Å². The van der Waals surface area contributed by atoms with E-state index >= 15 is 0 Å². The van der Waals surface area contributed by atoms with Crippen LogP contribution in [0, 0.1) is 17.5 Å². The lowest BCUT2D eigenvalue weighted by Gasteiger charge is -2.08. The third-order valence-corrected chi connectivity index (χ3v) is 3.69. The van der Waals surface area contributed by atoms with E-state index in [9.17, 15) is 22.8 Å². The highest BCUT2D eigenvalue weighted by atomic mass is 19.2. The third kappa shape index (κ3) is 4.32. The van der Waals surface area contributed by atoms with Crippen LogP contribution in [0.1, 0.15) is 26.5 Å². The number of carbonyl (C=O) groups is 2. The van der Waals surface area contributed by atoms with Gasteiger partial charge in [-0.05, 0) is 36.4 Å². The van der Waals surface area contributed by atoms with Crippen molar-refractivity contribution < 1.29 is 22.8 Å². The fourth-order valence-corrected chi connectivity index (χ4v) is 2.28. The number of halogens is 3. The van der Waals surface area contributed by atoms with Gasteiger partial charge >= 0.3 is 0 Å². The van der Waals surface area contributed by atoms with E-state index in [0.717, 1.165) is 6.07 Å². The Labute approximate surface area is 157 Å². The largest absolute Gasteiger partial charge is 0.345 e. The fourth-order valence-electron chi connectivity index (χ4n) is 2.28. The molecule has 6 nitrogen and oxygen atoms in total. The van der Waals surface area contributed by atoms with Crippen molar-refractivity contribution >= 4 is 17.5 Å². The van der Waals surface area contributed by atoms with Crippen LogP contribution in [0.25, 0.3) is 0 Å². The van der Waals surface area contributed by atoms with Gasteiger partial charge in [0.25, 0.3) is 11.8 Å². The summed E-state index contributed by atoms with van der Waals surface area (Å²) in [4.78, 5) is 32.4. The van der Waals surface area contributed by atoms with Crippen molar-refractivity contribution in [3.63, 3.8) is 0 Å². The first-order valence-corrected chi connectivity index (χ1v) is 8.04. The number of anilines is 1. The Balaban J connectivity index is 1.71. The molecule has 0 spiro atoms. The van der Waals surface area contributed by atoms with Crippen molar-refractivity contribution in [2.24, 2.45) is 0 Å². The van der Waals surface area contributed by atoms with E-state index < -0.39 is 35.0 Å². The van der Waals surface area contributed by atoms with Gasteiger partial charge in [0, 0.05) is 18.0 Å². The minimum Gasteiger partial charge on any atom is -0.345 e. The van der Waals surface area contributed by atoms with Gasteiger partial charge < -0.3 is 10.6 Å². The summed E-state index contributed by atoms with van der Waals surface area (Å²) >= 11 is 0. The van der Waals surface area contributed by atoms with E-state index in [4.69, 9.17) is 0 Å². The Kier molecular flexibility index (Phi) is 5.64. The molecule has 0 aliphatic carbocycles. The lowest BCUT2D eigenvalue weighted by atomic mass is 10.2. The number of nitrogens with one attached hydrogen (secondary N) is 2. The van der Waals surface area contributed by atoms with Gasteiger partial charge in [0.1, 0.15) is 5.69 Å². The van der Waals surface area contributed by atoms with Gasteiger partial charge in [-0.3, -0.25) is 19.6 Å². The molecule has 0 bridgehead atoms. The molecule has 9 heteroatoms. The Morgan fingerprint density at radius 2 is 1.71 bits per heavy atom. The van der Waals surface area contributed by atoms with Gasteiger partial charge in [-0.2, -0.15) is 0 Å². The number of amides is 2. The van der Waals surface area contributed by atoms with E-state index in [2.05, 4.69) is 20.6 Å². The number of hydrogen-bond acceptors (Lipinski definition) is 4. The first-order valence-electron chi connectivity index (χ1n) is 8.04. The second-order valence-electron chi connectivity index (χ2n) is 5.61. The summed E-state index contributed by atoms with van der Waals surface area (Å²) in [6.45, 7) is 0.165. The first kappa shape index (κ1) is 19.0. The Bertz CT molecular complexity index is 1030. The Hall–Kier alpha value is -3.75. The van der Waals surface area contributed by atoms with Crippen LogP contribution in [0.3, 0.4) is 0 Å². The van der Waals surface area contributed by atoms with Gasteiger partial charge in [0.05, 0.1) is 17.9 Å². The normalized spacial score (nSPS) is 10.4. The average Bonchev–Trinajstić information content (AvgIpc) is 2.73. The number of hydrogen-bond donors (Lipinski definition) is 2. The first-order chi connectivity index (χ1) is 13.5. The Morgan fingerprint density at radius 1 is 0.893 bits per heavy atom. The van der Waals surface area contributed by atoms with Gasteiger partial charge in [-0.1, -0.05) is 6.07 Å². The smallest absolute Gasteiger partial charge is 0.270 e. The number of benzene rings is 1. The summed E-state index contributed by atoms with van der Waals surface area (Å²) < 4.78 is 39.9. The molecule has 0 radical (unpaired) electrons. The molecule has 1 aromatic carbocycles. The van der Waals surface area contributed by atoms with Gasteiger partial charge in [-0.15, -0.1) is 0 Å². The predicted molar refractivity (Wildman–Crippen MR) is 93.9 cm³/mol. The van der Waals surface area contributed by atoms with Crippen LogP contribution >= 0.6 is 0 Å². The fraction of sp³-hybridized carbons (Fsp3) is 0.0526. The van der Waals surface area contributed by atoms with E-state index in [-0.39, 0.29) is 17.8 Å². The monoisotopic (exact) mass is 386 g/mol. The number of nitrogens with zero attached hydrogens (tertiary/aromatic N) is 2. The SMILES string of the molecule is O=C(Nc1ccc(F)c(F)c1F)c1ccnc(C(=O)NCc2ccccn2)c1. The second kappa shape index (κ2) is 8.30. The molecule has 142 valence electrons. The van der Waals surface area contributed by atoms with Gasteiger partial charge in [0.2, 0.25) is 0 Å². The van der Waals surface area contributed by atoms with Gasteiger partial charge in [0.15, 0.2) is 17.5 Å². The second-order valence-corrected chi connectivity index (χ2v) is 5.61. The van der Waals surface area contributed by atoms with Gasteiger partial charge in [-0.25, -0.2) is 13.2 Å². The summed E-state index contributed by atoms with van der Waals surface area (Å²) in [6.07, 6.45) is 2.81. The molecule has 3 aromatic rings. The number of pyridine rings is 2. The zero-order chi connectivity index (χ0) is 20.1. The quantitative estimate of drug-likeness (QED) is 0.660. The standard InChI is InChI=1S/C19H13F3N4O2/c20-13-4-5-14(17(22)16(13)21)26-18(27)11-6-8-24-15(9-11)19(28)25-10-12-3-1-2-7-23-12/h1-9H,10H2,(H,25,28)(H,26,27). The minimum atomic E-state index is -1.69. The highest BCUT2D eigenvalue weighted by molar-refractivity contribution is 6.05. The number of rotatable bonds is 5. The molecule has 3 rings (SSSR count). The maximum absolute atomic E-state index is 13.7. The van der Waals surface area contributed by atoms with E-state index in [1.54, 1.807) is 24.4 Å². The van der Waals surface area contributed by atoms with Crippen LogP contribution in [-0.4, -0.2) is 21.8 Å². The highest BCUT2D eigenvalue weighted by Gasteiger charge is 2.17. The lowest BCUT2D eigenvalue weighted by molar-refractivity contribution is 0.0945. The Morgan fingerprint density at radius 3 is 2.46 bits per heavy atom. The summed E-state index contributed by atoms with van der Waals surface area (Å²) in [5.74, 6) is -5.94. The van der Waals surface area contributed by atoms with Crippen molar-refractivity contribution in [1.82, 2.24) is 15.3 Å². The van der Waals surface area contributed by atoms with Crippen molar-refractivity contribution in [1.29, 1.82) is 0 Å². The molecule has 0 fully saturated rings. The van der Waals surface area contributed by atoms with E-state index in [0.29, 0.717) is 11.8 Å². The maximum Gasteiger partial charge on any atom is 0.270 e. The van der Waals surface area contributed by atoms with Crippen molar-refractivity contribution in [3.05, 3.63) is 89.3 Å². The molecule has 2 aromatic heterocycles. The van der Waals surface area contributed by atoms with Crippen LogP contribution in [0.5, 0.6) is 0 Å². The molecule has 0 saturated heterocycles. The third-order valence-electron chi connectivity index (χ3n) is 3.69. The molecule has 0 aliphatic heterocycles. The summed E-state index contributed by atoms with van der Waals surface area (Å²) in [5, 5.41) is 4.74. The number of aromatic nitrogens is 2. The zero-order valence-electron chi connectivity index (χ0n) is 14.2. The number of carbonyl (C=O) groups excluding carboxylic acids is 2. The molecular formula is C19H13F3N4O2. The average molecular weight is 386 g/mol. The summed E-state index contributed by atoms with van der Waals surface area (Å²) in [6, 6.07) is 9.32. The topological polar surface area (TPSA) is 84.0 Å². The molecular weight excluding hydrogens is 373 g/mol. The molecule has 0 aliphatic rings. The molecule has 0 atom stereocenters. The molecule has 2 N–H and O–H groups in total. The summed E-state index contributed by atoms with van der Waals surface area (Å²) in [7, 11) is 0. The van der Waals surface area contributed by atoms with Crippen LogP contribution in [-0.2, 0) is 6.54 Å². The molecule has 2 heterocycles. The summed E-state index contributed by atoms with van der Waals surface area (Å²) in [5.41, 5.74) is 0.0527. The molecule has 0 unspecified atom stereocenters. The van der Waals surface area contributed by atoms with Crippen LogP contribution in [0.15, 0.2) is 54.9 Å².